The van der Waals surface area contributed by atoms with Crippen molar-refractivity contribution in [3.8, 4) is 22.8 Å². The molecular formula is C22H17F3N6O3. The van der Waals surface area contributed by atoms with Gasteiger partial charge < -0.3 is 4.74 Å². The molecule has 0 radical (unpaired) electrons. The molecule has 0 fully saturated rings. The van der Waals surface area contributed by atoms with Crippen LogP contribution in [0.2, 0.25) is 0 Å². The molecule has 2 aromatic heterocycles. The van der Waals surface area contributed by atoms with Gasteiger partial charge in [-0.05, 0) is 31.2 Å². The first-order valence-corrected chi connectivity index (χ1v) is 9.83. The molecule has 0 saturated carbocycles. The second-order valence-electron chi connectivity index (χ2n) is 7.09. The Balaban J connectivity index is 1.68. The van der Waals surface area contributed by atoms with Crippen LogP contribution in [0.5, 0.6) is 5.75 Å². The van der Waals surface area contributed by atoms with Gasteiger partial charge in [0.2, 0.25) is 11.4 Å². The van der Waals surface area contributed by atoms with Crippen LogP contribution in [0, 0.1) is 6.92 Å². The molecule has 4 aromatic rings. The van der Waals surface area contributed by atoms with E-state index < -0.39 is 28.8 Å². The van der Waals surface area contributed by atoms with E-state index in [1.807, 2.05) is 0 Å². The molecule has 0 saturated heterocycles. The summed E-state index contributed by atoms with van der Waals surface area (Å²) in [6.07, 6.45) is -4.66. The lowest BCUT2D eigenvalue weighted by atomic mass is 10.1. The molecule has 2 aromatic carbocycles. The molecule has 0 aliphatic rings. The first-order valence-electron chi connectivity index (χ1n) is 9.83. The second-order valence-corrected chi connectivity index (χ2v) is 7.09. The van der Waals surface area contributed by atoms with E-state index in [9.17, 15) is 22.8 Å². The van der Waals surface area contributed by atoms with E-state index in [-0.39, 0.29) is 17.3 Å². The highest BCUT2D eigenvalue weighted by Gasteiger charge is 2.34. The van der Waals surface area contributed by atoms with E-state index in [0.717, 1.165) is 16.8 Å². The van der Waals surface area contributed by atoms with Gasteiger partial charge in [-0.2, -0.15) is 23.3 Å². The number of nitrogens with one attached hydrogen (secondary N) is 2. The van der Waals surface area contributed by atoms with Gasteiger partial charge in [-0.3, -0.25) is 20.0 Å². The Morgan fingerprint density at radius 1 is 1.12 bits per heavy atom. The predicted octanol–water partition coefficient (Wildman–Crippen LogP) is 3.61. The largest absolute Gasteiger partial charge is 0.496 e. The van der Waals surface area contributed by atoms with Gasteiger partial charge in [-0.15, -0.1) is 5.10 Å². The number of rotatable bonds is 5. The number of nitrogens with zero attached hydrogens (tertiary/aromatic N) is 4. The van der Waals surface area contributed by atoms with Gasteiger partial charge in [0.1, 0.15) is 5.75 Å². The summed E-state index contributed by atoms with van der Waals surface area (Å²) in [6.45, 7) is 1.41. The summed E-state index contributed by atoms with van der Waals surface area (Å²) in [5.41, 5.74) is -1.97. The molecule has 2 heterocycles. The Morgan fingerprint density at radius 3 is 2.56 bits per heavy atom. The van der Waals surface area contributed by atoms with E-state index in [4.69, 9.17) is 4.74 Å². The number of halogens is 3. The molecule has 4 rings (SSSR count). The van der Waals surface area contributed by atoms with Crippen LogP contribution in [0.15, 0.2) is 59.4 Å². The molecule has 9 nitrogen and oxygen atoms in total. The summed E-state index contributed by atoms with van der Waals surface area (Å²) in [6, 6.07) is 12.7. The number of ether oxygens (including phenoxy) is 1. The van der Waals surface area contributed by atoms with Crippen LogP contribution in [-0.4, -0.2) is 38.0 Å². The number of methoxy groups -OCH3 is 1. The second kappa shape index (κ2) is 8.81. The number of hydrogen-bond acceptors (Lipinski definition) is 6. The maximum atomic E-state index is 13.5. The minimum atomic E-state index is -4.66. The van der Waals surface area contributed by atoms with Crippen molar-refractivity contribution in [1.29, 1.82) is 0 Å². The van der Waals surface area contributed by atoms with Crippen LogP contribution >= 0.6 is 0 Å². The Labute approximate surface area is 190 Å². The summed E-state index contributed by atoms with van der Waals surface area (Å²) in [7, 11) is 1.49. The molecule has 0 aliphatic carbocycles. The highest BCUT2D eigenvalue weighted by Crippen LogP contribution is 2.33. The van der Waals surface area contributed by atoms with Gasteiger partial charge in [0.15, 0.2) is 11.5 Å². The Bertz CT molecular complexity index is 1430. The number of para-hydroxylation sites is 2. The average molecular weight is 470 g/mol. The van der Waals surface area contributed by atoms with Gasteiger partial charge in [0, 0.05) is 11.8 Å². The Hall–Kier alpha value is -4.48. The number of carbonyl (C=O) groups excluding carboxylic acids is 1. The van der Waals surface area contributed by atoms with Crippen molar-refractivity contribution >= 4 is 11.9 Å². The van der Waals surface area contributed by atoms with Crippen molar-refractivity contribution < 1.29 is 22.7 Å². The third-order valence-corrected chi connectivity index (χ3v) is 4.83. The lowest BCUT2D eigenvalue weighted by molar-refractivity contribution is -0.137. The standard InChI is InChI=1S/C22H17F3N6O3/c1-12-11-16(32)18(30-31(12)15-9-5-4-8-14(15)22(23,24)25)20(33)27-21-26-19(28-29-21)13-7-3-6-10-17(13)34-2/h3-11H,1-2H3,(H2,26,27,28,29,33). The van der Waals surface area contributed by atoms with Gasteiger partial charge >= 0.3 is 6.18 Å². The number of benzene rings is 2. The quantitative estimate of drug-likeness (QED) is 0.461. The minimum absolute atomic E-state index is 0.120. The minimum Gasteiger partial charge on any atom is -0.496 e. The van der Waals surface area contributed by atoms with E-state index >= 15 is 0 Å². The van der Waals surface area contributed by atoms with Crippen molar-refractivity contribution in [3.63, 3.8) is 0 Å². The highest BCUT2D eigenvalue weighted by molar-refractivity contribution is 6.01. The van der Waals surface area contributed by atoms with Gasteiger partial charge in [-0.25, -0.2) is 4.68 Å². The Morgan fingerprint density at radius 2 is 1.82 bits per heavy atom. The monoisotopic (exact) mass is 470 g/mol. The first kappa shape index (κ1) is 22.7. The number of aryl methyl sites for hydroxylation is 1. The smallest absolute Gasteiger partial charge is 0.418 e. The zero-order chi connectivity index (χ0) is 24.5. The molecule has 12 heteroatoms. The number of carbonyl (C=O) groups is 1. The van der Waals surface area contributed by atoms with Crippen molar-refractivity contribution in [2.45, 2.75) is 13.1 Å². The van der Waals surface area contributed by atoms with Crippen molar-refractivity contribution in [3.05, 3.63) is 81.8 Å². The van der Waals surface area contributed by atoms with E-state index in [1.54, 1.807) is 24.3 Å². The van der Waals surface area contributed by atoms with Crippen LogP contribution in [0.25, 0.3) is 17.1 Å². The zero-order valence-electron chi connectivity index (χ0n) is 17.8. The first-order chi connectivity index (χ1) is 16.2. The van der Waals surface area contributed by atoms with Crippen LogP contribution in [0.4, 0.5) is 19.1 Å². The lowest BCUT2D eigenvalue weighted by Crippen LogP contribution is -2.28. The van der Waals surface area contributed by atoms with Crippen molar-refractivity contribution in [2.75, 3.05) is 12.4 Å². The highest BCUT2D eigenvalue weighted by atomic mass is 19.4. The Kier molecular flexibility index (Phi) is 5.88. The SMILES string of the molecule is COc1ccccc1-c1nc(NC(=O)c2nn(-c3ccccc3C(F)(F)F)c(C)cc2=O)n[nH]1. The van der Waals surface area contributed by atoms with Crippen LogP contribution in [0.1, 0.15) is 21.7 Å². The van der Waals surface area contributed by atoms with Gasteiger partial charge in [-0.1, -0.05) is 24.3 Å². The van der Waals surface area contributed by atoms with E-state index in [2.05, 4.69) is 25.6 Å². The maximum absolute atomic E-state index is 13.5. The average Bonchev–Trinajstić information content (AvgIpc) is 3.26. The van der Waals surface area contributed by atoms with Gasteiger partial charge in [0.05, 0.1) is 23.9 Å². The molecule has 34 heavy (non-hydrogen) atoms. The number of alkyl halides is 3. The molecule has 0 unspecified atom stereocenters. The lowest BCUT2D eigenvalue weighted by Gasteiger charge is -2.16. The topological polar surface area (TPSA) is 115 Å². The summed E-state index contributed by atoms with van der Waals surface area (Å²) < 4.78 is 46.6. The molecule has 2 N–H and O–H groups in total. The van der Waals surface area contributed by atoms with Crippen molar-refractivity contribution in [1.82, 2.24) is 25.0 Å². The molecule has 0 spiro atoms. The fourth-order valence-electron chi connectivity index (χ4n) is 3.29. The summed E-state index contributed by atoms with van der Waals surface area (Å²) >= 11 is 0. The summed E-state index contributed by atoms with van der Waals surface area (Å²) in [4.78, 5) is 29.3. The van der Waals surface area contributed by atoms with Crippen LogP contribution in [-0.2, 0) is 6.18 Å². The fraction of sp³-hybridized carbons (Fsp3) is 0.136. The van der Waals surface area contributed by atoms with Crippen molar-refractivity contribution in [2.24, 2.45) is 0 Å². The van der Waals surface area contributed by atoms with Crippen LogP contribution < -0.4 is 15.5 Å². The maximum Gasteiger partial charge on any atom is 0.418 e. The van der Waals surface area contributed by atoms with E-state index in [0.29, 0.717) is 17.1 Å². The summed E-state index contributed by atoms with van der Waals surface area (Å²) in [5.74, 6) is -0.326. The fourth-order valence-corrected chi connectivity index (χ4v) is 3.29. The number of aromatic nitrogens is 5. The normalized spacial score (nSPS) is 11.3. The number of anilines is 1. The molecule has 174 valence electrons. The number of aromatic amines is 1. The predicted molar refractivity (Wildman–Crippen MR) is 116 cm³/mol. The third-order valence-electron chi connectivity index (χ3n) is 4.83. The molecule has 0 bridgehead atoms. The molecule has 1 amide bonds. The zero-order valence-corrected chi connectivity index (χ0v) is 17.8. The molecule has 0 atom stereocenters. The summed E-state index contributed by atoms with van der Waals surface area (Å²) in [5, 5.41) is 12.8. The molecule has 0 aliphatic heterocycles. The molecular weight excluding hydrogens is 453 g/mol. The number of hydrogen-bond donors (Lipinski definition) is 2. The van der Waals surface area contributed by atoms with Crippen LogP contribution in [0.3, 0.4) is 0 Å². The number of H-pyrrole nitrogens is 1. The third kappa shape index (κ3) is 4.37. The van der Waals surface area contributed by atoms with Gasteiger partial charge in [0.25, 0.3) is 5.91 Å². The number of amides is 1. The van der Waals surface area contributed by atoms with E-state index in [1.165, 1.54) is 32.2 Å².